The monoisotopic (exact) mass is 271 g/mol. The van der Waals surface area contributed by atoms with E-state index in [0.717, 1.165) is 0 Å². The summed E-state index contributed by atoms with van der Waals surface area (Å²) >= 11 is 5.01. The second-order valence-electron chi connectivity index (χ2n) is 4.85. The molecule has 0 saturated carbocycles. The Labute approximate surface area is 113 Å². The molecule has 0 radical (unpaired) electrons. The number of rotatable bonds is 3. The number of nitrogens with two attached hydrogens (primary N) is 1. The Morgan fingerprint density at radius 1 is 1.22 bits per heavy atom. The van der Waals surface area contributed by atoms with Crippen LogP contribution in [0.1, 0.15) is 27.2 Å². The lowest BCUT2D eigenvalue weighted by Gasteiger charge is -2.38. The van der Waals surface area contributed by atoms with Crippen molar-refractivity contribution in [2.45, 2.75) is 27.2 Å². The molecule has 2 amide bonds. The summed E-state index contributed by atoms with van der Waals surface area (Å²) in [6.07, 6.45) is 0.591. The maximum absolute atomic E-state index is 12.4. The van der Waals surface area contributed by atoms with Gasteiger partial charge in [0.2, 0.25) is 11.8 Å². The number of carbonyl (C=O) groups excluding carboxylic acids is 2. The second-order valence-corrected chi connectivity index (χ2v) is 5.29. The fourth-order valence-corrected chi connectivity index (χ4v) is 2.24. The molecular formula is C12H21N3O2S. The lowest BCUT2D eigenvalue weighted by molar-refractivity contribution is -0.143. The van der Waals surface area contributed by atoms with E-state index >= 15 is 0 Å². The topological polar surface area (TPSA) is 66.6 Å². The summed E-state index contributed by atoms with van der Waals surface area (Å²) in [6, 6.07) is 0. The summed E-state index contributed by atoms with van der Waals surface area (Å²) in [7, 11) is 0. The lowest BCUT2D eigenvalue weighted by atomic mass is 9.85. The molecule has 2 N–H and O–H groups in total. The highest BCUT2D eigenvalue weighted by Crippen LogP contribution is 2.25. The lowest BCUT2D eigenvalue weighted by Crippen LogP contribution is -2.55. The van der Waals surface area contributed by atoms with Crippen molar-refractivity contribution in [2.24, 2.45) is 11.1 Å². The smallest absolute Gasteiger partial charge is 0.235 e. The van der Waals surface area contributed by atoms with Crippen molar-refractivity contribution in [2.75, 3.05) is 26.2 Å². The highest BCUT2D eigenvalue weighted by molar-refractivity contribution is 7.80. The number of hydrogen-bond acceptors (Lipinski definition) is 3. The molecule has 0 bridgehead atoms. The van der Waals surface area contributed by atoms with Gasteiger partial charge in [-0.3, -0.25) is 9.59 Å². The van der Waals surface area contributed by atoms with Crippen LogP contribution in [0.3, 0.4) is 0 Å². The largest absolute Gasteiger partial charge is 0.392 e. The van der Waals surface area contributed by atoms with Crippen LogP contribution in [-0.2, 0) is 9.59 Å². The van der Waals surface area contributed by atoms with E-state index in [1.165, 1.54) is 0 Å². The van der Waals surface area contributed by atoms with E-state index in [1.807, 2.05) is 6.92 Å². The number of thiocarbonyl (C=S) groups is 1. The first-order chi connectivity index (χ1) is 8.32. The third-order valence-corrected chi connectivity index (χ3v) is 4.19. The van der Waals surface area contributed by atoms with Gasteiger partial charge in [0.1, 0.15) is 0 Å². The molecule has 0 aliphatic carbocycles. The van der Waals surface area contributed by atoms with E-state index < -0.39 is 5.41 Å². The fraction of sp³-hybridized carbons (Fsp3) is 0.750. The second kappa shape index (κ2) is 5.65. The van der Waals surface area contributed by atoms with Crippen molar-refractivity contribution in [3.8, 4) is 0 Å². The molecule has 5 nitrogen and oxygen atoms in total. The molecule has 18 heavy (non-hydrogen) atoms. The van der Waals surface area contributed by atoms with Gasteiger partial charge in [0.15, 0.2) is 0 Å². The standard InChI is InChI=1S/C12H21N3O2S/c1-4-12(3,10(13)18)11(17)15-7-5-14(6-8-15)9(2)16/h4-8H2,1-3H3,(H2,13,18). The zero-order valence-electron chi connectivity index (χ0n) is 11.2. The van der Waals surface area contributed by atoms with Crippen LogP contribution in [0.25, 0.3) is 0 Å². The predicted octanol–water partition coefficient (Wildman–Crippen LogP) is 0.380. The summed E-state index contributed by atoms with van der Waals surface area (Å²) in [5.74, 6) is 0.0235. The summed E-state index contributed by atoms with van der Waals surface area (Å²) in [5, 5.41) is 0. The van der Waals surface area contributed by atoms with Gasteiger partial charge >= 0.3 is 0 Å². The first-order valence-corrected chi connectivity index (χ1v) is 6.58. The molecule has 1 saturated heterocycles. The summed E-state index contributed by atoms with van der Waals surface area (Å²) in [5.41, 5.74) is 4.91. The molecule has 1 heterocycles. The molecule has 1 aliphatic heterocycles. The van der Waals surface area contributed by atoms with E-state index in [2.05, 4.69) is 0 Å². The zero-order chi connectivity index (χ0) is 13.9. The predicted molar refractivity (Wildman–Crippen MR) is 74.0 cm³/mol. The molecule has 102 valence electrons. The van der Waals surface area contributed by atoms with Crippen molar-refractivity contribution >= 4 is 29.0 Å². The Kier molecular flexibility index (Phi) is 4.67. The van der Waals surface area contributed by atoms with Crippen LogP contribution in [0.15, 0.2) is 0 Å². The third kappa shape index (κ3) is 2.80. The minimum Gasteiger partial charge on any atom is -0.392 e. The molecule has 1 atom stereocenters. The van der Waals surface area contributed by atoms with E-state index in [4.69, 9.17) is 18.0 Å². The van der Waals surface area contributed by atoms with Crippen LogP contribution >= 0.6 is 12.2 Å². The van der Waals surface area contributed by atoms with Crippen molar-refractivity contribution in [1.82, 2.24) is 9.80 Å². The summed E-state index contributed by atoms with van der Waals surface area (Å²) in [6.45, 7) is 7.50. The van der Waals surface area contributed by atoms with Gasteiger partial charge < -0.3 is 15.5 Å². The average molecular weight is 271 g/mol. The van der Waals surface area contributed by atoms with Crippen LogP contribution in [0.5, 0.6) is 0 Å². The molecule has 1 aliphatic rings. The maximum Gasteiger partial charge on any atom is 0.235 e. The van der Waals surface area contributed by atoms with Crippen molar-refractivity contribution in [3.05, 3.63) is 0 Å². The highest BCUT2D eigenvalue weighted by atomic mass is 32.1. The Balaban J connectivity index is 2.70. The van der Waals surface area contributed by atoms with Gasteiger partial charge in [0.05, 0.1) is 10.4 Å². The first kappa shape index (κ1) is 14.9. The average Bonchev–Trinajstić information content (AvgIpc) is 2.36. The van der Waals surface area contributed by atoms with Gasteiger partial charge in [0.25, 0.3) is 0 Å². The Morgan fingerprint density at radius 2 is 1.67 bits per heavy atom. The van der Waals surface area contributed by atoms with Crippen LogP contribution in [0.2, 0.25) is 0 Å². The molecule has 1 unspecified atom stereocenters. The molecule has 6 heteroatoms. The van der Waals surface area contributed by atoms with Gasteiger partial charge in [0, 0.05) is 33.1 Å². The van der Waals surface area contributed by atoms with Gasteiger partial charge in [-0.2, -0.15) is 0 Å². The Hall–Kier alpha value is -1.17. The molecule has 1 rings (SSSR count). The van der Waals surface area contributed by atoms with Gasteiger partial charge in [-0.05, 0) is 13.3 Å². The quantitative estimate of drug-likeness (QED) is 0.754. The van der Waals surface area contributed by atoms with Crippen molar-refractivity contribution < 1.29 is 9.59 Å². The van der Waals surface area contributed by atoms with E-state index in [1.54, 1.807) is 23.6 Å². The number of piperazine rings is 1. The van der Waals surface area contributed by atoms with Crippen LogP contribution in [-0.4, -0.2) is 52.8 Å². The van der Waals surface area contributed by atoms with E-state index in [9.17, 15) is 9.59 Å². The number of nitrogens with zero attached hydrogens (tertiary/aromatic N) is 2. The SMILES string of the molecule is CCC(C)(C(=O)N1CCN(C(C)=O)CC1)C(N)=S. The molecule has 0 spiro atoms. The van der Waals surface area contributed by atoms with Gasteiger partial charge in [-0.25, -0.2) is 0 Å². The number of carbonyl (C=O) groups is 2. The molecule has 0 aromatic rings. The molecule has 0 aromatic carbocycles. The van der Waals surface area contributed by atoms with E-state index in [0.29, 0.717) is 32.6 Å². The highest BCUT2D eigenvalue weighted by Gasteiger charge is 2.38. The van der Waals surface area contributed by atoms with Crippen LogP contribution in [0, 0.1) is 5.41 Å². The summed E-state index contributed by atoms with van der Waals surface area (Å²) in [4.78, 5) is 27.4. The number of amides is 2. The van der Waals surface area contributed by atoms with Crippen molar-refractivity contribution in [3.63, 3.8) is 0 Å². The van der Waals surface area contributed by atoms with Crippen LogP contribution in [0.4, 0.5) is 0 Å². The van der Waals surface area contributed by atoms with Crippen LogP contribution < -0.4 is 5.73 Å². The zero-order valence-corrected chi connectivity index (χ0v) is 12.0. The van der Waals surface area contributed by atoms with E-state index in [-0.39, 0.29) is 16.8 Å². The summed E-state index contributed by atoms with van der Waals surface area (Å²) < 4.78 is 0. The molecule has 1 fully saturated rings. The first-order valence-electron chi connectivity index (χ1n) is 6.17. The maximum atomic E-state index is 12.4. The third-order valence-electron chi connectivity index (χ3n) is 3.74. The Morgan fingerprint density at radius 3 is 2.00 bits per heavy atom. The molecular weight excluding hydrogens is 250 g/mol. The van der Waals surface area contributed by atoms with Gasteiger partial charge in [-0.15, -0.1) is 0 Å². The van der Waals surface area contributed by atoms with Crippen molar-refractivity contribution in [1.29, 1.82) is 0 Å². The molecule has 0 aromatic heterocycles. The Bertz CT molecular complexity index is 364. The van der Waals surface area contributed by atoms with Gasteiger partial charge in [-0.1, -0.05) is 19.1 Å². The minimum absolute atomic E-state index is 0.0271. The normalized spacial score (nSPS) is 19.3. The number of hydrogen-bond donors (Lipinski definition) is 1. The minimum atomic E-state index is -0.770. The fourth-order valence-electron chi connectivity index (χ4n) is 2.00.